The van der Waals surface area contributed by atoms with Crippen LogP contribution in [0.2, 0.25) is 0 Å². The van der Waals surface area contributed by atoms with E-state index in [0.29, 0.717) is 6.54 Å². The number of carbonyl (C=O) groups excluding carboxylic acids is 1. The SMILES string of the molecule is CCCCN(C)C(C)C(=O)NCc1ccccc1OC. The van der Waals surface area contributed by atoms with Crippen LogP contribution in [0.25, 0.3) is 0 Å². The van der Waals surface area contributed by atoms with Gasteiger partial charge in [0.1, 0.15) is 5.75 Å². The van der Waals surface area contributed by atoms with Crippen molar-refractivity contribution in [3.05, 3.63) is 29.8 Å². The molecule has 0 saturated heterocycles. The first-order valence-electron chi connectivity index (χ1n) is 7.20. The average Bonchev–Trinajstić information content (AvgIpc) is 2.49. The number of para-hydroxylation sites is 1. The standard InChI is InChI=1S/C16H26N2O2/c1-5-6-11-18(3)13(2)16(19)17-12-14-9-7-8-10-15(14)20-4/h7-10,13H,5-6,11-12H2,1-4H3,(H,17,19). The highest BCUT2D eigenvalue weighted by Gasteiger charge is 2.17. The van der Waals surface area contributed by atoms with Crippen LogP contribution in [-0.4, -0.2) is 37.6 Å². The monoisotopic (exact) mass is 278 g/mol. The van der Waals surface area contributed by atoms with E-state index in [0.717, 1.165) is 30.7 Å². The largest absolute Gasteiger partial charge is 0.496 e. The lowest BCUT2D eigenvalue weighted by Crippen LogP contribution is -2.43. The molecule has 4 heteroatoms. The molecular formula is C16H26N2O2. The van der Waals surface area contributed by atoms with E-state index < -0.39 is 0 Å². The first-order chi connectivity index (χ1) is 9.60. The van der Waals surface area contributed by atoms with E-state index in [4.69, 9.17) is 4.74 Å². The van der Waals surface area contributed by atoms with Crippen LogP contribution in [0.1, 0.15) is 32.3 Å². The van der Waals surface area contributed by atoms with Gasteiger partial charge in [0.2, 0.25) is 5.91 Å². The second kappa shape index (κ2) is 8.59. The molecule has 0 saturated carbocycles. The lowest BCUT2D eigenvalue weighted by atomic mass is 10.2. The van der Waals surface area contributed by atoms with Crippen LogP contribution in [0.4, 0.5) is 0 Å². The smallest absolute Gasteiger partial charge is 0.237 e. The minimum absolute atomic E-state index is 0.0505. The molecule has 1 N–H and O–H groups in total. The number of hydrogen-bond acceptors (Lipinski definition) is 3. The van der Waals surface area contributed by atoms with Gasteiger partial charge in [-0.3, -0.25) is 9.69 Å². The third kappa shape index (κ3) is 4.85. The molecule has 1 aromatic carbocycles. The number of unbranched alkanes of at least 4 members (excludes halogenated alkanes) is 1. The minimum atomic E-state index is -0.115. The zero-order valence-corrected chi connectivity index (χ0v) is 13.0. The van der Waals surface area contributed by atoms with Crippen LogP contribution in [0.15, 0.2) is 24.3 Å². The Bertz CT molecular complexity index is 421. The summed E-state index contributed by atoms with van der Waals surface area (Å²) in [5.41, 5.74) is 0.992. The summed E-state index contributed by atoms with van der Waals surface area (Å²) in [6.45, 7) is 5.53. The van der Waals surface area contributed by atoms with E-state index in [1.54, 1.807) is 7.11 Å². The van der Waals surface area contributed by atoms with Gasteiger partial charge in [0.05, 0.1) is 13.2 Å². The van der Waals surface area contributed by atoms with Gasteiger partial charge in [0.25, 0.3) is 0 Å². The maximum absolute atomic E-state index is 12.1. The van der Waals surface area contributed by atoms with Gasteiger partial charge in [-0.2, -0.15) is 0 Å². The molecule has 4 nitrogen and oxygen atoms in total. The van der Waals surface area contributed by atoms with Crippen molar-refractivity contribution < 1.29 is 9.53 Å². The molecule has 0 aromatic heterocycles. The number of methoxy groups -OCH3 is 1. The molecule has 1 unspecified atom stereocenters. The molecule has 0 spiro atoms. The van der Waals surface area contributed by atoms with Gasteiger partial charge in [-0.05, 0) is 33.0 Å². The summed E-state index contributed by atoms with van der Waals surface area (Å²) >= 11 is 0. The highest BCUT2D eigenvalue weighted by Crippen LogP contribution is 2.16. The third-order valence-corrected chi connectivity index (χ3v) is 3.55. The molecule has 0 radical (unpaired) electrons. The fraction of sp³-hybridized carbons (Fsp3) is 0.562. The van der Waals surface area contributed by atoms with Crippen molar-refractivity contribution in [3.8, 4) is 5.75 Å². The van der Waals surface area contributed by atoms with Crippen LogP contribution in [0.5, 0.6) is 5.75 Å². The van der Waals surface area contributed by atoms with Gasteiger partial charge in [-0.1, -0.05) is 31.5 Å². The molecule has 1 atom stereocenters. The summed E-state index contributed by atoms with van der Waals surface area (Å²) in [6.07, 6.45) is 2.25. The first kappa shape index (κ1) is 16.5. The predicted octanol–water partition coefficient (Wildman–Crippen LogP) is 2.43. The summed E-state index contributed by atoms with van der Waals surface area (Å²) < 4.78 is 5.28. The van der Waals surface area contributed by atoms with Gasteiger partial charge in [-0.15, -0.1) is 0 Å². The number of likely N-dealkylation sites (N-methyl/N-ethyl adjacent to an activating group) is 1. The van der Waals surface area contributed by atoms with Crippen LogP contribution in [-0.2, 0) is 11.3 Å². The van der Waals surface area contributed by atoms with Gasteiger partial charge in [0, 0.05) is 12.1 Å². The number of ether oxygens (including phenoxy) is 1. The maximum Gasteiger partial charge on any atom is 0.237 e. The first-order valence-corrected chi connectivity index (χ1v) is 7.20. The Balaban J connectivity index is 2.50. The molecule has 0 fully saturated rings. The Hall–Kier alpha value is -1.55. The summed E-state index contributed by atoms with van der Waals surface area (Å²) in [5, 5.41) is 2.97. The van der Waals surface area contributed by atoms with Crippen molar-refractivity contribution in [1.29, 1.82) is 0 Å². The molecule has 0 aliphatic heterocycles. The summed E-state index contributed by atoms with van der Waals surface area (Å²) in [4.78, 5) is 14.2. The summed E-state index contributed by atoms with van der Waals surface area (Å²) in [5.74, 6) is 0.856. The van der Waals surface area contributed by atoms with E-state index >= 15 is 0 Å². The zero-order chi connectivity index (χ0) is 15.0. The Labute approximate surface area is 122 Å². The average molecular weight is 278 g/mol. The molecular weight excluding hydrogens is 252 g/mol. The van der Waals surface area contributed by atoms with Crippen molar-refractivity contribution >= 4 is 5.91 Å². The number of amides is 1. The number of benzene rings is 1. The lowest BCUT2D eigenvalue weighted by Gasteiger charge is -2.23. The lowest BCUT2D eigenvalue weighted by molar-refractivity contribution is -0.125. The summed E-state index contributed by atoms with van der Waals surface area (Å²) in [6, 6.07) is 7.62. The van der Waals surface area contributed by atoms with Crippen LogP contribution >= 0.6 is 0 Å². The van der Waals surface area contributed by atoms with E-state index in [9.17, 15) is 4.79 Å². The van der Waals surface area contributed by atoms with Crippen LogP contribution in [0.3, 0.4) is 0 Å². The fourth-order valence-electron chi connectivity index (χ4n) is 1.98. The highest BCUT2D eigenvalue weighted by atomic mass is 16.5. The number of nitrogens with one attached hydrogen (secondary N) is 1. The highest BCUT2D eigenvalue weighted by molar-refractivity contribution is 5.81. The van der Waals surface area contributed by atoms with Gasteiger partial charge >= 0.3 is 0 Å². The number of nitrogens with zero attached hydrogens (tertiary/aromatic N) is 1. The van der Waals surface area contributed by atoms with Crippen molar-refractivity contribution in [2.45, 2.75) is 39.3 Å². The third-order valence-electron chi connectivity index (χ3n) is 3.55. The molecule has 1 amide bonds. The molecule has 0 aliphatic rings. The van der Waals surface area contributed by atoms with Crippen LogP contribution in [0, 0.1) is 0 Å². The van der Waals surface area contributed by atoms with E-state index in [1.807, 2.05) is 38.2 Å². The van der Waals surface area contributed by atoms with Crippen LogP contribution < -0.4 is 10.1 Å². The molecule has 112 valence electrons. The molecule has 1 rings (SSSR count). The normalized spacial score (nSPS) is 12.2. The molecule has 1 aromatic rings. The van der Waals surface area contributed by atoms with Gasteiger partial charge < -0.3 is 10.1 Å². The minimum Gasteiger partial charge on any atom is -0.496 e. The van der Waals surface area contributed by atoms with Gasteiger partial charge in [0.15, 0.2) is 0 Å². The number of rotatable bonds is 8. The van der Waals surface area contributed by atoms with E-state index in [-0.39, 0.29) is 11.9 Å². The Morgan fingerprint density at radius 3 is 2.75 bits per heavy atom. The molecule has 0 bridgehead atoms. The van der Waals surface area contributed by atoms with Crippen molar-refractivity contribution in [2.75, 3.05) is 20.7 Å². The topological polar surface area (TPSA) is 41.6 Å². The zero-order valence-electron chi connectivity index (χ0n) is 13.0. The Morgan fingerprint density at radius 2 is 2.10 bits per heavy atom. The van der Waals surface area contributed by atoms with E-state index in [2.05, 4.69) is 17.1 Å². The predicted molar refractivity (Wildman–Crippen MR) is 81.8 cm³/mol. The Morgan fingerprint density at radius 1 is 1.40 bits per heavy atom. The maximum atomic E-state index is 12.1. The van der Waals surface area contributed by atoms with Crippen molar-refractivity contribution in [1.82, 2.24) is 10.2 Å². The number of hydrogen-bond donors (Lipinski definition) is 1. The number of carbonyl (C=O) groups is 1. The van der Waals surface area contributed by atoms with Crippen molar-refractivity contribution in [2.24, 2.45) is 0 Å². The summed E-state index contributed by atoms with van der Waals surface area (Å²) in [7, 11) is 3.63. The van der Waals surface area contributed by atoms with E-state index in [1.165, 1.54) is 0 Å². The Kier molecular flexibility index (Phi) is 7.09. The molecule has 0 aliphatic carbocycles. The fourth-order valence-corrected chi connectivity index (χ4v) is 1.98. The molecule has 20 heavy (non-hydrogen) atoms. The second-order valence-corrected chi connectivity index (χ2v) is 5.04. The van der Waals surface area contributed by atoms with Crippen molar-refractivity contribution in [3.63, 3.8) is 0 Å². The molecule has 0 heterocycles. The second-order valence-electron chi connectivity index (χ2n) is 5.04. The quantitative estimate of drug-likeness (QED) is 0.794. The van der Waals surface area contributed by atoms with Gasteiger partial charge in [-0.25, -0.2) is 0 Å².